The Kier molecular flexibility index (Phi) is 4.07. The second-order valence-electron chi connectivity index (χ2n) is 5.74. The zero-order valence-corrected chi connectivity index (χ0v) is 13.3. The van der Waals surface area contributed by atoms with Crippen molar-refractivity contribution < 1.29 is 18.3 Å². The van der Waals surface area contributed by atoms with Crippen LogP contribution in [0.1, 0.15) is 43.0 Å². The van der Waals surface area contributed by atoms with Gasteiger partial charge in [-0.1, -0.05) is 12.5 Å². The summed E-state index contributed by atoms with van der Waals surface area (Å²) >= 11 is 1.57. The van der Waals surface area contributed by atoms with Crippen molar-refractivity contribution in [3.05, 3.63) is 22.4 Å². The molecule has 0 bridgehead atoms. The van der Waals surface area contributed by atoms with Crippen LogP contribution in [0.25, 0.3) is 0 Å². The summed E-state index contributed by atoms with van der Waals surface area (Å²) < 4.78 is 27.4. The van der Waals surface area contributed by atoms with Crippen LogP contribution in [0.3, 0.4) is 0 Å². The first-order chi connectivity index (χ1) is 10.0. The first-order valence-corrected chi connectivity index (χ1v) is 9.67. The van der Waals surface area contributed by atoms with Crippen molar-refractivity contribution in [2.75, 3.05) is 6.54 Å². The molecule has 0 radical (unpaired) electrons. The van der Waals surface area contributed by atoms with E-state index in [2.05, 4.69) is 0 Å². The molecular weight excluding hydrogens is 310 g/mol. The predicted molar refractivity (Wildman–Crippen MR) is 80.7 cm³/mol. The molecule has 3 rings (SSSR count). The fraction of sp³-hybridized carbons (Fsp3) is 0.643. The highest BCUT2D eigenvalue weighted by molar-refractivity contribution is 7.89. The van der Waals surface area contributed by atoms with E-state index in [1.54, 1.807) is 15.6 Å². The highest BCUT2D eigenvalue weighted by Gasteiger charge is 2.47. The van der Waals surface area contributed by atoms with Gasteiger partial charge in [-0.25, -0.2) is 8.42 Å². The van der Waals surface area contributed by atoms with Crippen molar-refractivity contribution in [2.24, 2.45) is 5.92 Å². The summed E-state index contributed by atoms with van der Waals surface area (Å²) in [6, 6.07) is 3.79. The van der Waals surface area contributed by atoms with Gasteiger partial charge in [-0.15, -0.1) is 11.3 Å². The smallest absolute Gasteiger partial charge is 0.307 e. The Labute approximate surface area is 128 Å². The SMILES string of the molecule is O=C(O)C1CCCC1S(=O)(=O)N1CCCC1c1cccs1. The van der Waals surface area contributed by atoms with E-state index in [1.807, 2.05) is 17.5 Å². The molecule has 2 heterocycles. The molecular formula is C14H19NO4S2. The standard InChI is InChI=1S/C14H19NO4S2/c16-14(17)10-4-1-7-13(10)21(18,19)15-8-2-5-11(15)12-6-3-9-20-12/h3,6,9-11,13H,1-2,4-5,7-8H2,(H,16,17). The molecule has 3 atom stereocenters. The Morgan fingerprint density at radius 3 is 2.76 bits per heavy atom. The summed E-state index contributed by atoms with van der Waals surface area (Å²) in [5.74, 6) is -1.73. The Balaban J connectivity index is 1.89. The molecule has 2 fully saturated rings. The lowest BCUT2D eigenvalue weighted by Gasteiger charge is -2.28. The number of aliphatic carboxylic acids is 1. The fourth-order valence-electron chi connectivity index (χ4n) is 3.55. The van der Waals surface area contributed by atoms with Gasteiger partial charge in [0.1, 0.15) is 0 Å². The van der Waals surface area contributed by atoms with Gasteiger partial charge >= 0.3 is 5.97 Å². The number of rotatable bonds is 4. The van der Waals surface area contributed by atoms with Gasteiger partial charge in [-0.05, 0) is 37.1 Å². The monoisotopic (exact) mass is 329 g/mol. The third-order valence-electron chi connectivity index (χ3n) is 4.55. The van der Waals surface area contributed by atoms with E-state index in [1.165, 1.54) is 0 Å². The lowest BCUT2D eigenvalue weighted by Crippen LogP contribution is -2.41. The van der Waals surface area contributed by atoms with Crippen LogP contribution in [0.2, 0.25) is 0 Å². The Morgan fingerprint density at radius 2 is 2.10 bits per heavy atom. The molecule has 1 aliphatic carbocycles. The minimum Gasteiger partial charge on any atom is -0.481 e. The van der Waals surface area contributed by atoms with Gasteiger partial charge in [-0.3, -0.25) is 4.79 Å². The molecule has 0 spiro atoms. The number of thiophene rings is 1. The van der Waals surface area contributed by atoms with Crippen molar-refractivity contribution in [1.82, 2.24) is 4.31 Å². The number of carboxylic acid groups (broad SMARTS) is 1. The van der Waals surface area contributed by atoms with E-state index >= 15 is 0 Å². The van der Waals surface area contributed by atoms with Gasteiger partial charge in [0.15, 0.2) is 0 Å². The van der Waals surface area contributed by atoms with Crippen LogP contribution in [0.4, 0.5) is 0 Å². The number of hydrogen-bond acceptors (Lipinski definition) is 4. The summed E-state index contributed by atoms with van der Waals surface area (Å²) in [5.41, 5.74) is 0. The van der Waals surface area contributed by atoms with E-state index in [-0.39, 0.29) is 6.04 Å². The lowest BCUT2D eigenvalue weighted by atomic mass is 10.1. The summed E-state index contributed by atoms with van der Waals surface area (Å²) in [5, 5.41) is 10.5. The number of sulfonamides is 1. The molecule has 0 amide bonds. The zero-order chi connectivity index (χ0) is 15.0. The second-order valence-corrected chi connectivity index (χ2v) is 8.83. The first kappa shape index (κ1) is 15.0. The van der Waals surface area contributed by atoms with Crippen LogP contribution in [-0.2, 0) is 14.8 Å². The lowest BCUT2D eigenvalue weighted by molar-refractivity contribution is -0.141. The van der Waals surface area contributed by atoms with Crippen LogP contribution >= 0.6 is 11.3 Å². The summed E-state index contributed by atoms with van der Waals surface area (Å²) in [7, 11) is -3.55. The maximum Gasteiger partial charge on any atom is 0.307 e. The van der Waals surface area contributed by atoms with Gasteiger partial charge in [0.05, 0.1) is 17.2 Å². The second kappa shape index (κ2) is 5.70. The Hall–Kier alpha value is -0.920. The van der Waals surface area contributed by atoms with E-state index in [0.717, 1.165) is 17.7 Å². The number of carboxylic acids is 1. The largest absolute Gasteiger partial charge is 0.481 e. The molecule has 2 aliphatic rings. The molecule has 21 heavy (non-hydrogen) atoms. The van der Waals surface area contributed by atoms with Gasteiger partial charge in [0.25, 0.3) is 0 Å². The van der Waals surface area contributed by atoms with Gasteiger partial charge < -0.3 is 5.11 Å². The first-order valence-electron chi connectivity index (χ1n) is 7.28. The van der Waals surface area contributed by atoms with Gasteiger partial charge in [0, 0.05) is 11.4 Å². The molecule has 1 saturated carbocycles. The Morgan fingerprint density at radius 1 is 1.29 bits per heavy atom. The summed E-state index contributed by atoms with van der Waals surface area (Å²) in [4.78, 5) is 12.4. The topological polar surface area (TPSA) is 74.7 Å². The van der Waals surface area contributed by atoms with Gasteiger partial charge in [0.2, 0.25) is 10.0 Å². The normalized spacial score (nSPS) is 30.8. The van der Waals surface area contributed by atoms with Crippen LogP contribution in [0, 0.1) is 5.92 Å². The molecule has 0 aromatic carbocycles. The quantitative estimate of drug-likeness (QED) is 0.921. The molecule has 1 N–H and O–H groups in total. The molecule has 7 heteroatoms. The molecule has 3 unspecified atom stereocenters. The molecule has 1 aliphatic heterocycles. The Bertz CT molecular complexity index is 611. The number of carbonyl (C=O) groups is 1. The van der Waals surface area contributed by atoms with Crippen molar-refractivity contribution in [3.8, 4) is 0 Å². The third-order valence-corrected chi connectivity index (χ3v) is 7.95. The number of nitrogens with zero attached hydrogens (tertiary/aromatic N) is 1. The average molecular weight is 329 g/mol. The predicted octanol–water partition coefficient (Wildman–Crippen LogP) is 2.47. The highest BCUT2D eigenvalue weighted by Crippen LogP contribution is 2.41. The molecule has 1 aromatic rings. The summed E-state index contributed by atoms with van der Waals surface area (Å²) in [6.45, 7) is 0.508. The maximum atomic E-state index is 12.9. The minimum atomic E-state index is -3.55. The summed E-state index contributed by atoms with van der Waals surface area (Å²) in [6.07, 6.45) is 3.28. The van der Waals surface area contributed by atoms with E-state index in [4.69, 9.17) is 0 Å². The number of hydrogen-bond donors (Lipinski definition) is 1. The molecule has 1 saturated heterocycles. The van der Waals surface area contributed by atoms with Gasteiger partial charge in [-0.2, -0.15) is 4.31 Å². The van der Waals surface area contributed by atoms with Crippen molar-refractivity contribution in [1.29, 1.82) is 0 Å². The molecule has 1 aromatic heterocycles. The van der Waals surface area contributed by atoms with Crippen LogP contribution in [-0.4, -0.2) is 35.6 Å². The maximum absolute atomic E-state index is 12.9. The highest BCUT2D eigenvalue weighted by atomic mass is 32.2. The zero-order valence-electron chi connectivity index (χ0n) is 11.6. The van der Waals surface area contributed by atoms with E-state index < -0.39 is 27.2 Å². The fourth-order valence-corrected chi connectivity index (χ4v) is 6.93. The van der Waals surface area contributed by atoms with E-state index in [9.17, 15) is 18.3 Å². The average Bonchev–Trinajstić information content (AvgIpc) is 3.18. The molecule has 5 nitrogen and oxygen atoms in total. The van der Waals surface area contributed by atoms with Crippen molar-refractivity contribution in [2.45, 2.75) is 43.4 Å². The third kappa shape index (κ3) is 2.62. The van der Waals surface area contributed by atoms with Crippen molar-refractivity contribution >= 4 is 27.3 Å². The van der Waals surface area contributed by atoms with Crippen LogP contribution < -0.4 is 0 Å². The van der Waals surface area contributed by atoms with Crippen LogP contribution in [0.15, 0.2) is 17.5 Å². The molecule has 116 valence electrons. The van der Waals surface area contributed by atoms with Crippen LogP contribution in [0.5, 0.6) is 0 Å². The van der Waals surface area contributed by atoms with E-state index in [0.29, 0.717) is 25.8 Å². The van der Waals surface area contributed by atoms with Crippen molar-refractivity contribution in [3.63, 3.8) is 0 Å². The minimum absolute atomic E-state index is 0.106.